The molecular weight excluding hydrogens is 332 g/mol. The zero-order valence-corrected chi connectivity index (χ0v) is 15.1. The molecular formula is C20H22N2O4. The van der Waals surface area contributed by atoms with E-state index in [4.69, 9.17) is 9.47 Å². The molecule has 0 bridgehead atoms. The zero-order valence-electron chi connectivity index (χ0n) is 15.1. The van der Waals surface area contributed by atoms with Crippen molar-refractivity contribution >= 4 is 17.5 Å². The maximum absolute atomic E-state index is 12.9. The fourth-order valence-corrected chi connectivity index (χ4v) is 3.09. The van der Waals surface area contributed by atoms with E-state index in [1.54, 1.807) is 12.0 Å². The Hall–Kier alpha value is -3.02. The standard InChI is InChI=1S/C20H22N2O4/c1-4-26-16-9-10-18-17(11-16)19(21-13(2)23)20(24)22(18)12-14-5-7-15(25-3)8-6-14/h5-11,19H,4,12H2,1-3H3,(H,21,23). The Morgan fingerprint density at radius 2 is 1.85 bits per heavy atom. The number of benzene rings is 2. The average molecular weight is 354 g/mol. The van der Waals surface area contributed by atoms with Crippen LogP contribution in [0.3, 0.4) is 0 Å². The van der Waals surface area contributed by atoms with Crippen LogP contribution in [0, 0.1) is 0 Å². The lowest BCUT2D eigenvalue weighted by Crippen LogP contribution is -2.36. The third-order valence-electron chi connectivity index (χ3n) is 4.27. The topological polar surface area (TPSA) is 67.9 Å². The van der Waals surface area contributed by atoms with Gasteiger partial charge in [-0.3, -0.25) is 9.59 Å². The van der Waals surface area contributed by atoms with Crippen LogP contribution in [-0.4, -0.2) is 25.5 Å². The number of hydrogen-bond acceptors (Lipinski definition) is 4. The number of carbonyl (C=O) groups is 2. The van der Waals surface area contributed by atoms with Crippen LogP contribution in [-0.2, 0) is 16.1 Å². The van der Waals surface area contributed by atoms with Crippen molar-refractivity contribution in [2.24, 2.45) is 0 Å². The van der Waals surface area contributed by atoms with E-state index >= 15 is 0 Å². The molecule has 2 aromatic carbocycles. The van der Waals surface area contributed by atoms with E-state index in [1.165, 1.54) is 6.92 Å². The first-order chi connectivity index (χ1) is 12.5. The van der Waals surface area contributed by atoms with Crippen molar-refractivity contribution in [1.82, 2.24) is 5.32 Å². The summed E-state index contributed by atoms with van der Waals surface area (Å²) >= 11 is 0. The summed E-state index contributed by atoms with van der Waals surface area (Å²) in [5.74, 6) is 1.04. The monoisotopic (exact) mass is 354 g/mol. The van der Waals surface area contributed by atoms with Crippen molar-refractivity contribution in [3.63, 3.8) is 0 Å². The highest BCUT2D eigenvalue weighted by molar-refractivity contribution is 6.06. The molecule has 1 atom stereocenters. The molecule has 0 saturated heterocycles. The second kappa shape index (κ2) is 7.47. The van der Waals surface area contributed by atoms with Crippen LogP contribution in [0.15, 0.2) is 42.5 Å². The molecule has 6 nitrogen and oxygen atoms in total. The summed E-state index contributed by atoms with van der Waals surface area (Å²) < 4.78 is 10.7. The second-order valence-corrected chi connectivity index (χ2v) is 6.06. The molecule has 2 aromatic rings. The summed E-state index contributed by atoms with van der Waals surface area (Å²) in [6, 6.07) is 12.4. The molecule has 1 heterocycles. The summed E-state index contributed by atoms with van der Waals surface area (Å²) in [6.07, 6.45) is 0. The Labute approximate surface area is 152 Å². The molecule has 1 aliphatic rings. The van der Waals surface area contributed by atoms with Gasteiger partial charge in [0.15, 0.2) is 0 Å². The van der Waals surface area contributed by atoms with E-state index in [9.17, 15) is 9.59 Å². The van der Waals surface area contributed by atoms with Crippen LogP contribution in [0.1, 0.15) is 31.0 Å². The molecule has 0 fully saturated rings. The van der Waals surface area contributed by atoms with Crippen molar-refractivity contribution in [2.75, 3.05) is 18.6 Å². The van der Waals surface area contributed by atoms with Crippen molar-refractivity contribution in [2.45, 2.75) is 26.4 Å². The van der Waals surface area contributed by atoms with E-state index < -0.39 is 6.04 Å². The highest BCUT2D eigenvalue weighted by atomic mass is 16.5. The zero-order chi connectivity index (χ0) is 18.7. The minimum atomic E-state index is -0.693. The smallest absolute Gasteiger partial charge is 0.254 e. The van der Waals surface area contributed by atoms with Crippen molar-refractivity contribution < 1.29 is 19.1 Å². The Morgan fingerprint density at radius 1 is 1.15 bits per heavy atom. The number of ether oxygens (including phenoxy) is 2. The molecule has 1 unspecified atom stereocenters. The van der Waals surface area contributed by atoms with Gasteiger partial charge in [0.25, 0.3) is 5.91 Å². The Kier molecular flexibility index (Phi) is 5.11. The fraction of sp³-hybridized carbons (Fsp3) is 0.300. The van der Waals surface area contributed by atoms with Gasteiger partial charge in [0.1, 0.15) is 17.5 Å². The summed E-state index contributed by atoms with van der Waals surface area (Å²) in [6.45, 7) is 4.26. The van der Waals surface area contributed by atoms with Gasteiger partial charge in [0, 0.05) is 12.5 Å². The molecule has 136 valence electrons. The quantitative estimate of drug-likeness (QED) is 0.866. The van der Waals surface area contributed by atoms with Crippen molar-refractivity contribution in [3.05, 3.63) is 53.6 Å². The van der Waals surface area contributed by atoms with Gasteiger partial charge in [-0.15, -0.1) is 0 Å². The van der Waals surface area contributed by atoms with Gasteiger partial charge in [-0.1, -0.05) is 12.1 Å². The molecule has 6 heteroatoms. The Morgan fingerprint density at radius 3 is 2.46 bits per heavy atom. The maximum atomic E-state index is 12.9. The van der Waals surface area contributed by atoms with E-state index in [2.05, 4.69) is 5.32 Å². The van der Waals surface area contributed by atoms with E-state index in [0.29, 0.717) is 18.9 Å². The lowest BCUT2D eigenvalue weighted by atomic mass is 10.1. The van der Waals surface area contributed by atoms with Gasteiger partial charge >= 0.3 is 0 Å². The molecule has 0 spiro atoms. The normalized spacial score (nSPS) is 15.6. The molecule has 1 aliphatic heterocycles. The molecule has 0 aliphatic carbocycles. The first-order valence-corrected chi connectivity index (χ1v) is 8.51. The van der Waals surface area contributed by atoms with Crippen LogP contribution in [0.2, 0.25) is 0 Å². The average Bonchev–Trinajstić information content (AvgIpc) is 2.87. The lowest BCUT2D eigenvalue weighted by molar-refractivity contribution is -0.126. The van der Waals surface area contributed by atoms with Crippen LogP contribution in [0.5, 0.6) is 11.5 Å². The number of amides is 2. The third-order valence-corrected chi connectivity index (χ3v) is 4.27. The number of anilines is 1. The summed E-state index contributed by atoms with van der Waals surface area (Å²) in [5, 5.41) is 2.75. The number of fused-ring (bicyclic) bond motifs is 1. The van der Waals surface area contributed by atoms with Crippen LogP contribution >= 0.6 is 0 Å². The largest absolute Gasteiger partial charge is 0.497 e. The summed E-state index contributed by atoms with van der Waals surface area (Å²) in [5.41, 5.74) is 2.51. The minimum Gasteiger partial charge on any atom is -0.497 e. The fourth-order valence-electron chi connectivity index (χ4n) is 3.09. The van der Waals surface area contributed by atoms with Gasteiger partial charge in [0.05, 0.1) is 25.9 Å². The van der Waals surface area contributed by atoms with Gasteiger partial charge < -0.3 is 19.7 Å². The number of methoxy groups -OCH3 is 1. The van der Waals surface area contributed by atoms with E-state index in [1.807, 2.05) is 49.4 Å². The van der Waals surface area contributed by atoms with Gasteiger partial charge in [-0.05, 0) is 42.8 Å². The van der Waals surface area contributed by atoms with Gasteiger partial charge in [-0.2, -0.15) is 0 Å². The van der Waals surface area contributed by atoms with Gasteiger partial charge in [0.2, 0.25) is 5.91 Å². The number of nitrogens with zero attached hydrogens (tertiary/aromatic N) is 1. The predicted octanol–water partition coefficient (Wildman–Crippen LogP) is 2.82. The molecule has 0 saturated carbocycles. The van der Waals surface area contributed by atoms with Crippen LogP contribution in [0.4, 0.5) is 5.69 Å². The predicted molar refractivity (Wildman–Crippen MR) is 98.4 cm³/mol. The second-order valence-electron chi connectivity index (χ2n) is 6.06. The Bertz CT molecular complexity index is 817. The van der Waals surface area contributed by atoms with Crippen LogP contribution in [0.25, 0.3) is 0 Å². The molecule has 3 rings (SSSR count). The summed E-state index contributed by atoms with van der Waals surface area (Å²) in [7, 11) is 1.61. The number of nitrogens with one attached hydrogen (secondary N) is 1. The molecule has 2 amide bonds. The molecule has 1 N–H and O–H groups in total. The van der Waals surface area contributed by atoms with E-state index in [-0.39, 0.29) is 11.8 Å². The summed E-state index contributed by atoms with van der Waals surface area (Å²) in [4.78, 5) is 26.2. The van der Waals surface area contributed by atoms with Crippen molar-refractivity contribution in [1.29, 1.82) is 0 Å². The molecule has 0 radical (unpaired) electrons. The molecule has 0 aromatic heterocycles. The first kappa shape index (κ1) is 17.8. The number of hydrogen-bond donors (Lipinski definition) is 1. The lowest BCUT2D eigenvalue weighted by Gasteiger charge is -2.18. The highest BCUT2D eigenvalue weighted by Crippen LogP contribution is 2.39. The SMILES string of the molecule is CCOc1ccc2c(c1)C(NC(C)=O)C(=O)N2Cc1ccc(OC)cc1. The van der Waals surface area contributed by atoms with Crippen molar-refractivity contribution in [3.8, 4) is 11.5 Å². The third kappa shape index (κ3) is 3.49. The minimum absolute atomic E-state index is 0.153. The number of rotatable bonds is 6. The maximum Gasteiger partial charge on any atom is 0.254 e. The Balaban J connectivity index is 1.93. The van der Waals surface area contributed by atoms with Gasteiger partial charge in [-0.25, -0.2) is 0 Å². The van der Waals surface area contributed by atoms with E-state index in [0.717, 1.165) is 22.6 Å². The first-order valence-electron chi connectivity index (χ1n) is 8.51. The molecule has 26 heavy (non-hydrogen) atoms. The number of carbonyl (C=O) groups excluding carboxylic acids is 2. The highest BCUT2D eigenvalue weighted by Gasteiger charge is 2.38. The van der Waals surface area contributed by atoms with Crippen LogP contribution < -0.4 is 19.7 Å².